The molecule has 1 aromatic carbocycles. The number of Topliss-reactive ketones (excluding diaryl/α,β-unsaturated/α-hetero) is 1. The number of ketones is 1. The van der Waals surface area contributed by atoms with Crippen LogP contribution >= 0.6 is 11.6 Å². The molecule has 0 saturated carbocycles. The molecule has 0 N–H and O–H groups in total. The van der Waals surface area contributed by atoms with Gasteiger partial charge in [0.05, 0.1) is 0 Å². The highest BCUT2D eigenvalue weighted by molar-refractivity contribution is 6.31. The molecule has 1 aliphatic heterocycles. The quantitative estimate of drug-likeness (QED) is 0.566. The summed E-state index contributed by atoms with van der Waals surface area (Å²) < 4.78 is 5.35. The SMILES string of the molecule is O=C(CCCCC1CCOCC1)c1cccc(Cl)c1. The summed E-state index contributed by atoms with van der Waals surface area (Å²) in [5, 5.41) is 0.632. The molecule has 0 aromatic heterocycles. The van der Waals surface area contributed by atoms with E-state index < -0.39 is 0 Å². The molecular formula is C16H21ClO2. The van der Waals surface area contributed by atoms with Crippen LogP contribution in [0, 0.1) is 5.92 Å². The van der Waals surface area contributed by atoms with Crippen LogP contribution in [0.1, 0.15) is 48.9 Å². The first-order chi connectivity index (χ1) is 9.25. The van der Waals surface area contributed by atoms with E-state index in [-0.39, 0.29) is 5.78 Å². The van der Waals surface area contributed by atoms with Gasteiger partial charge in [-0.05, 0) is 37.3 Å². The lowest BCUT2D eigenvalue weighted by molar-refractivity contribution is 0.0630. The fraction of sp³-hybridized carbons (Fsp3) is 0.562. The topological polar surface area (TPSA) is 26.3 Å². The Hall–Kier alpha value is -0.860. The first kappa shape index (κ1) is 14.5. The summed E-state index contributed by atoms with van der Waals surface area (Å²) in [6.07, 6.45) is 6.33. The number of ether oxygens (including phenoxy) is 1. The number of unbranched alkanes of at least 4 members (excludes halogenated alkanes) is 1. The van der Waals surface area contributed by atoms with Gasteiger partial charge in [-0.15, -0.1) is 0 Å². The molecule has 1 saturated heterocycles. The standard InChI is InChI=1S/C16H21ClO2/c17-15-6-3-5-14(12-15)16(18)7-2-1-4-13-8-10-19-11-9-13/h3,5-6,12-13H,1-2,4,7-11H2. The maximum atomic E-state index is 12.0. The predicted octanol–water partition coefficient (Wildman–Crippen LogP) is 4.51. The van der Waals surface area contributed by atoms with Gasteiger partial charge in [0, 0.05) is 30.2 Å². The molecular weight excluding hydrogens is 260 g/mol. The van der Waals surface area contributed by atoms with Crippen molar-refractivity contribution in [1.82, 2.24) is 0 Å². The third-order valence-corrected chi connectivity index (χ3v) is 3.99. The summed E-state index contributed by atoms with van der Waals surface area (Å²) in [4.78, 5) is 12.0. The van der Waals surface area contributed by atoms with Gasteiger partial charge in [-0.1, -0.05) is 36.6 Å². The van der Waals surface area contributed by atoms with Crippen molar-refractivity contribution in [3.8, 4) is 0 Å². The van der Waals surface area contributed by atoms with Crippen LogP contribution in [0.5, 0.6) is 0 Å². The Morgan fingerprint density at radius 2 is 2.05 bits per heavy atom. The van der Waals surface area contributed by atoms with Crippen LogP contribution in [-0.4, -0.2) is 19.0 Å². The molecule has 0 bridgehead atoms. The van der Waals surface area contributed by atoms with Gasteiger partial charge in [0.1, 0.15) is 0 Å². The summed E-state index contributed by atoms with van der Waals surface area (Å²) in [5.41, 5.74) is 0.735. The summed E-state index contributed by atoms with van der Waals surface area (Å²) in [7, 11) is 0. The van der Waals surface area contributed by atoms with Crippen LogP contribution in [0.3, 0.4) is 0 Å². The molecule has 0 atom stereocenters. The Balaban J connectivity index is 1.66. The van der Waals surface area contributed by atoms with Gasteiger partial charge in [-0.3, -0.25) is 4.79 Å². The lowest BCUT2D eigenvalue weighted by atomic mass is 9.93. The average Bonchev–Trinajstić information content (AvgIpc) is 2.44. The average molecular weight is 281 g/mol. The monoisotopic (exact) mass is 280 g/mol. The van der Waals surface area contributed by atoms with Crippen LogP contribution < -0.4 is 0 Å². The van der Waals surface area contributed by atoms with Gasteiger partial charge < -0.3 is 4.74 Å². The van der Waals surface area contributed by atoms with E-state index in [1.165, 1.54) is 19.3 Å². The van der Waals surface area contributed by atoms with Crippen molar-refractivity contribution >= 4 is 17.4 Å². The van der Waals surface area contributed by atoms with E-state index in [0.717, 1.165) is 37.5 Å². The van der Waals surface area contributed by atoms with Gasteiger partial charge in [-0.2, -0.15) is 0 Å². The van der Waals surface area contributed by atoms with Gasteiger partial charge >= 0.3 is 0 Å². The lowest BCUT2D eigenvalue weighted by Gasteiger charge is -2.21. The molecule has 1 heterocycles. The number of benzene rings is 1. The molecule has 19 heavy (non-hydrogen) atoms. The van der Waals surface area contributed by atoms with Crippen molar-refractivity contribution in [3.05, 3.63) is 34.9 Å². The molecule has 0 radical (unpaired) electrons. The van der Waals surface area contributed by atoms with Gasteiger partial charge in [0.25, 0.3) is 0 Å². The Kier molecular flexibility index (Phi) is 5.87. The number of carbonyl (C=O) groups is 1. The smallest absolute Gasteiger partial charge is 0.162 e. The molecule has 0 aliphatic carbocycles. The minimum absolute atomic E-state index is 0.203. The predicted molar refractivity (Wildman–Crippen MR) is 77.8 cm³/mol. The van der Waals surface area contributed by atoms with E-state index in [1.807, 2.05) is 12.1 Å². The van der Waals surface area contributed by atoms with Crippen LogP contribution in [0.15, 0.2) is 24.3 Å². The molecule has 104 valence electrons. The van der Waals surface area contributed by atoms with E-state index >= 15 is 0 Å². The minimum Gasteiger partial charge on any atom is -0.381 e. The highest BCUT2D eigenvalue weighted by Crippen LogP contribution is 2.21. The summed E-state index contributed by atoms with van der Waals surface area (Å²) >= 11 is 5.89. The van der Waals surface area contributed by atoms with Crippen molar-refractivity contribution in [2.24, 2.45) is 5.92 Å². The Bertz CT molecular complexity index is 411. The van der Waals surface area contributed by atoms with Crippen molar-refractivity contribution < 1.29 is 9.53 Å². The zero-order valence-electron chi connectivity index (χ0n) is 11.2. The van der Waals surface area contributed by atoms with E-state index in [9.17, 15) is 4.79 Å². The minimum atomic E-state index is 0.203. The fourth-order valence-corrected chi connectivity index (χ4v) is 2.75. The largest absolute Gasteiger partial charge is 0.381 e. The molecule has 2 nitrogen and oxygen atoms in total. The molecule has 0 unspecified atom stereocenters. The van der Waals surface area contributed by atoms with Crippen molar-refractivity contribution in [2.45, 2.75) is 38.5 Å². The molecule has 3 heteroatoms. The van der Waals surface area contributed by atoms with Crippen molar-refractivity contribution in [1.29, 1.82) is 0 Å². The maximum Gasteiger partial charge on any atom is 0.162 e. The van der Waals surface area contributed by atoms with Crippen LogP contribution in [0.2, 0.25) is 5.02 Å². The fourth-order valence-electron chi connectivity index (χ4n) is 2.56. The van der Waals surface area contributed by atoms with Crippen molar-refractivity contribution in [2.75, 3.05) is 13.2 Å². The van der Waals surface area contributed by atoms with Gasteiger partial charge in [0.15, 0.2) is 5.78 Å². The molecule has 2 rings (SSSR count). The zero-order valence-corrected chi connectivity index (χ0v) is 12.0. The molecule has 1 aliphatic rings. The third-order valence-electron chi connectivity index (χ3n) is 3.75. The number of carbonyl (C=O) groups excluding carboxylic acids is 1. The number of hydrogen-bond donors (Lipinski definition) is 0. The second kappa shape index (κ2) is 7.66. The zero-order chi connectivity index (χ0) is 13.5. The van der Waals surface area contributed by atoms with Crippen molar-refractivity contribution in [3.63, 3.8) is 0 Å². The van der Waals surface area contributed by atoms with E-state index in [1.54, 1.807) is 12.1 Å². The number of halogens is 1. The second-order valence-electron chi connectivity index (χ2n) is 5.24. The Morgan fingerprint density at radius 3 is 2.79 bits per heavy atom. The molecule has 1 aromatic rings. The first-order valence-electron chi connectivity index (χ1n) is 7.12. The highest BCUT2D eigenvalue weighted by Gasteiger charge is 2.13. The molecule has 1 fully saturated rings. The summed E-state index contributed by atoms with van der Waals surface area (Å²) in [6, 6.07) is 7.22. The summed E-state index contributed by atoms with van der Waals surface area (Å²) in [5.74, 6) is 1.00. The van der Waals surface area contributed by atoms with Crippen LogP contribution in [0.25, 0.3) is 0 Å². The van der Waals surface area contributed by atoms with Gasteiger partial charge in [0.2, 0.25) is 0 Å². The Morgan fingerprint density at radius 1 is 1.26 bits per heavy atom. The van der Waals surface area contributed by atoms with E-state index in [4.69, 9.17) is 16.3 Å². The van der Waals surface area contributed by atoms with Crippen LogP contribution in [0.4, 0.5) is 0 Å². The van der Waals surface area contributed by atoms with Gasteiger partial charge in [-0.25, -0.2) is 0 Å². The van der Waals surface area contributed by atoms with E-state index in [2.05, 4.69) is 0 Å². The maximum absolute atomic E-state index is 12.0. The highest BCUT2D eigenvalue weighted by atomic mass is 35.5. The number of hydrogen-bond acceptors (Lipinski definition) is 2. The molecule has 0 amide bonds. The first-order valence-corrected chi connectivity index (χ1v) is 7.50. The summed E-state index contributed by atoms with van der Waals surface area (Å²) in [6.45, 7) is 1.82. The lowest BCUT2D eigenvalue weighted by Crippen LogP contribution is -2.15. The normalized spacial score (nSPS) is 16.5. The van der Waals surface area contributed by atoms with E-state index in [0.29, 0.717) is 11.4 Å². The number of rotatable bonds is 6. The second-order valence-corrected chi connectivity index (χ2v) is 5.67. The third kappa shape index (κ3) is 4.96. The van der Waals surface area contributed by atoms with Crippen LogP contribution in [-0.2, 0) is 4.74 Å². The Labute approximate surface area is 120 Å². The molecule has 0 spiro atoms.